The van der Waals surface area contributed by atoms with Gasteiger partial charge in [0.25, 0.3) is 5.91 Å². The van der Waals surface area contributed by atoms with Crippen molar-refractivity contribution in [1.29, 1.82) is 0 Å². The molecule has 0 spiro atoms. The molecule has 0 unspecified atom stereocenters. The van der Waals surface area contributed by atoms with Crippen molar-refractivity contribution in [2.24, 2.45) is 0 Å². The molecule has 0 aliphatic carbocycles. The molecular formula is C25H24F2N4OS. The number of hydrogen-bond acceptors (Lipinski definition) is 5. The van der Waals surface area contributed by atoms with Gasteiger partial charge >= 0.3 is 0 Å². The van der Waals surface area contributed by atoms with Gasteiger partial charge in [-0.2, -0.15) is 0 Å². The quantitative estimate of drug-likeness (QED) is 0.391. The fraction of sp³-hybridized carbons (Fsp3) is 0.200. The van der Waals surface area contributed by atoms with E-state index in [4.69, 9.17) is 0 Å². The summed E-state index contributed by atoms with van der Waals surface area (Å²) in [6.07, 6.45) is 0. The first-order valence-electron chi connectivity index (χ1n) is 10.4. The summed E-state index contributed by atoms with van der Waals surface area (Å²) in [4.78, 5) is 21.6. The maximum Gasteiger partial charge on any atom is 0.255 e. The molecule has 3 aromatic carbocycles. The SMILES string of the molecule is CN(C)CCN(C)c1nc2ccc(NC(=O)c3ccc(-c4ccc(F)cc4F)cc3)cc2s1. The lowest BCUT2D eigenvalue weighted by molar-refractivity contribution is 0.102. The molecular weight excluding hydrogens is 442 g/mol. The molecule has 5 nitrogen and oxygen atoms in total. The molecule has 0 radical (unpaired) electrons. The van der Waals surface area contributed by atoms with E-state index in [2.05, 4.69) is 20.1 Å². The van der Waals surface area contributed by atoms with E-state index in [1.807, 2.05) is 39.3 Å². The first kappa shape index (κ1) is 22.8. The fourth-order valence-corrected chi connectivity index (χ4v) is 4.32. The van der Waals surface area contributed by atoms with E-state index in [9.17, 15) is 13.6 Å². The number of fused-ring (bicyclic) bond motifs is 1. The molecule has 0 aliphatic rings. The number of halogens is 2. The molecule has 0 fully saturated rings. The Balaban J connectivity index is 1.47. The minimum Gasteiger partial charge on any atom is -0.350 e. The van der Waals surface area contributed by atoms with E-state index in [0.29, 0.717) is 16.8 Å². The van der Waals surface area contributed by atoms with Crippen molar-refractivity contribution in [1.82, 2.24) is 9.88 Å². The molecule has 4 aromatic rings. The highest BCUT2D eigenvalue weighted by Crippen LogP contribution is 2.30. The smallest absolute Gasteiger partial charge is 0.255 e. The largest absolute Gasteiger partial charge is 0.350 e. The summed E-state index contributed by atoms with van der Waals surface area (Å²) in [6, 6.07) is 15.6. The van der Waals surface area contributed by atoms with Gasteiger partial charge in [0.15, 0.2) is 5.13 Å². The Kier molecular flexibility index (Phi) is 6.67. The van der Waals surface area contributed by atoms with Crippen molar-refractivity contribution in [3.63, 3.8) is 0 Å². The van der Waals surface area contributed by atoms with Crippen LogP contribution in [-0.2, 0) is 0 Å². The summed E-state index contributed by atoms with van der Waals surface area (Å²) < 4.78 is 28.1. The molecule has 1 amide bonds. The zero-order valence-corrected chi connectivity index (χ0v) is 19.4. The molecule has 0 aliphatic heterocycles. The molecule has 0 saturated heterocycles. The molecule has 4 rings (SSSR count). The van der Waals surface area contributed by atoms with Gasteiger partial charge in [0.05, 0.1) is 10.2 Å². The lowest BCUT2D eigenvalue weighted by Gasteiger charge is -2.18. The third kappa shape index (κ3) is 5.35. The molecule has 170 valence electrons. The Bertz CT molecular complexity index is 1290. The maximum absolute atomic E-state index is 14.0. The van der Waals surface area contributed by atoms with Crippen molar-refractivity contribution < 1.29 is 13.6 Å². The fourth-order valence-electron chi connectivity index (χ4n) is 3.33. The third-order valence-electron chi connectivity index (χ3n) is 5.23. The van der Waals surface area contributed by atoms with E-state index in [-0.39, 0.29) is 11.5 Å². The monoisotopic (exact) mass is 466 g/mol. The summed E-state index contributed by atoms with van der Waals surface area (Å²) in [5.74, 6) is -1.54. The standard InChI is InChI=1S/C25H24F2N4OS/c1-30(2)12-13-31(3)25-29-22-11-9-19(15-23(22)33-25)28-24(32)17-6-4-16(5-7-17)20-10-8-18(26)14-21(20)27/h4-11,14-15H,12-13H2,1-3H3,(H,28,32). The zero-order valence-electron chi connectivity index (χ0n) is 18.6. The van der Waals surface area contributed by atoms with Crippen LogP contribution in [0.3, 0.4) is 0 Å². The van der Waals surface area contributed by atoms with Crippen molar-refractivity contribution in [3.05, 3.63) is 77.9 Å². The molecule has 1 heterocycles. The third-order valence-corrected chi connectivity index (χ3v) is 6.37. The lowest BCUT2D eigenvalue weighted by Crippen LogP contribution is -2.28. The van der Waals surface area contributed by atoms with Gasteiger partial charge in [-0.25, -0.2) is 13.8 Å². The summed E-state index contributed by atoms with van der Waals surface area (Å²) in [5, 5.41) is 3.83. The summed E-state index contributed by atoms with van der Waals surface area (Å²) in [5.41, 5.74) is 2.85. The summed E-state index contributed by atoms with van der Waals surface area (Å²) in [7, 11) is 6.09. The summed E-state index contributed by atoms with van der Waals surface area (Å²) >= 11 is 1.58. The van der Waals surface area contributed by atoms with Crippen molar-refractivity contribution >= 4 is 38.3 Å². The van der Waals surface area contributed by atoms with E-state index in [1.165, 1.54) is 12.1 Å². The molecule has 0 bridgehead atoms. The van der Waals surface area contributed by atoms with Crippen LogP contribution in [0.15, 0.2) is 60.7 Å². The van der Waals surface area contributed by atoms with E-state index >= 15 is 0 Å². The highest BCUT2D eigenvalue weighted by Gasteiger charge is 2.12. The van der Waals surface area contributed by atoms with E-state index in [1.54, 1.807) is 35.6 Å². The number of likely N-dealkylation sites (N-methyl/N-ethyl adjacent to an activating group) is 2. The first-order chi connectivity index (χ1) is 15.8. The van der Waals surface area contributed by atoms with Gasteiger partial charge in [0, 0.05) is 43.0 Å². The topological polar surface area (TPSA) is 48.5 Å². The molecule has 0 saturated carbocycles. The Labute approximate surface area is 195 Å². The number of thiazole rings is 1. The number of nitrogens with one attached hydrogen (secondary N) is 1. The Morgan fingerprint density at radius 1 is 0.970 bits per heavy atom. The van der Waals surface area contributed by atoms with Crippen LogP contribution in [0.25, 0.3) is 21.3 Å². The van der Waals surface area contributed by atoms with Gasteiger partial charge < -0.3 is 15.1 Å². The number of rotatable bonds is 7. The average Bonchev–Trinajstić information content (AvgIpc) is 3.21. The number of benzene rings is 3. The van der Waals surface area contributed by atoms with E-state index < -0.39 is 11.6 Å². The summed E-state index contributed by atoms with van der Waals surface area (Å²) in [6.45, 7) is 1.80. The predicted molar refractivity (Wildman–Crippen MR) is 131 cm³/mol. The van der Waals surface area contributed by atoms with Crippen molar-refractivity contribution in [2.45, 2.75) is 0 Å². The van der Waals surface area contributed by atoms with Crippen LogP contribution >= 0.6 is 11.3 Å². The Morgan fingerprint density at radius 3 is 2.42 bits per heavy atom. The number of aromatic nitrogens is 1. The second kappa shape index (κ2) is 9.64. The second-order valence-corrected chi connectivity index (χ2v) is 9.07. The lowest BCUT2D eigenvalue weighted by atomic mass is 10.0. The molecule has 8 heteroatoms. The van der Waals surface area contributed by atoms with Crippen LogP contribution in [0, 0.1) is 11.6 Å². The molecule has 1 aromatic heterocycles. The number of hydrogen-bond donors (Lipinski definition) is 1. The van der Waals surface area contributed by atoms with Crippen LogP contribution in [0.2, 0.25) is 0 Å². The normalized spacial score (nSPS) is 11.2. The van der Waals surface area contributed by atoms with Crippen LogP contribution in [0.4, 0.5) is 19.6 Å². The first-order valence-corrected chi connectivity index (χ1v) is 11.2. The van der Waals surface area contributed by atoms with Crippen LogP contribution < -0.4 is 10.2 Å². The molecule has 1 N–H and O–H groups in total. The number of nitrogens with zero attached hydrogens (tertiary/aromatic N) is 3. The number of carbonyl (C=O) groups excluding carboxylic acids is 1. The number of anilines is 2. The predicted octanol–water partition coefficient (Wildman–Crippen LogP) is 5.49. The Morgan fingerprint density at radius 2 is 1.73 bits per heavy atom. The zero-order chi connectivity index (χ0) is 23.5. The minimum absolute atomic E-state index is 0.270. The van der Waals surface area contributed by atoms with Crippen LogP contribution in [0.5, 0.6) is 0 Å². The highest BCUT2D eigenvalue weighted by molar-refractivity contribution is 7.22. The van der Waals surface area contributed by atoms with Crippen molar-refractivity contribution in [3.8, 4) is 11.1 Å². The van der Waals surface area contributed by atoms with Crippen LogP contribution in [0.1, 0.15) is 10.4 Å². The highest BCUT2D eigenvalue weighted by atomic mass is 32.1. The Hall–Kier alpha value is -3.36. The molecule has 0 atom stereocenters. The maximum atomic E-state index is 14.0. The van der Waals surface area contributed by atoms with Crippen LogP contribution in [-0.4, -0.2) is 50.0 Å². The average molecular weight is 467 g/mol. The van der Waals surface area contributed by atoms with Gasteiger partial charge in [-0.3, -0.25) is 4.79 Å². The number of amides is 1. The van der Waals surface area contributed by atoms with Gasteiger partial charge in [-0.05, 0) is 62.1 Å². The molecule has 33 heavy (non-hydrogen) atoms. The van der Waals surface area contributed by atoms with E-state index in [0.717, 1.165) is 34.5 Å². The van der Waals surface area contributed by atoms with Gasteiger partial charge in [-0.15, -0.1) is 0 Å². The van der Waals surface area contributed by atoms with Crippen molar-refractivity contribution in [2.75, 3.05) is 44.4 Å². The van der Waals surface area contributed by atoms with Gasteiger partial charge in [-0.1, -0.05) is 23.5 Å². The minimum atomic E-state index is -0.642. The second-order valence-electron chi connectivity index (χ2n) is 8.06. The van der Waals surface area contributed by atoms with Gasteiger partial charge in [0.1, 0.15) is 11.6 Å². The van der Waals surface area contributed by atoms with Gasteiger partial charge in [0.2, 0.25) is 0 Å². The number of carbonyl (C=O) groups is 1.